The molecule has 0 atom stereocenters. The van der Waals surface area contributed by atoms with Gasteiger partial charge in [-0.15, -0.1) is 0 Å². The maximum atomic E-state index is 12.1. The van der Waals surface area contributed by atoms with Gasteiger partial charge >= 0.3 is 12.3 Å². The molecule has 0 aromatic carbocycles. The number of rotatable bonds is 1. The molecule has 7 heteroatoms. The second-order valence-corrected chi connectivity index (χ2v) is 2.36. The fraction of sp³-hybridized carbons (Fsp3) is 0.143. The third-order valence-corrected chi connectivity index (χ3v) is 1.32. The van der Waals surface area contributed by atoms with Gasteiger partial charge < -0.3 is 5.11 Å². The average molecular weight is 206 g/mol. The number of hydrogen-bond donors (Lipinski definition) is 2. The molecular weight excluding hydrogens is 201 g/mol. The van der Waals surface area contributed by atoms with E-state index in [1.165, 1.54) is 0 Å². The molecule has 1 aromatic heterocycles. The van der Waals surface area contributed by atoms with Crippen molar-refractivity contribution in [3.05, 3.63) is 23.9 Å². The monoisotopic (exact) mass is 206 g/mol. The van der Waals surface area contributed by atoms with Crippen LogP contribution in [0, 0.1) is 0 Å². The van der Waals surface area contributed by atoms with E-state index in [2.05, 4.69) is 4.98 Å². The lowest BCUT2D eigenvalue weighted by Gasteiger charge is -2.07. The van der Waals surface area contributed by atoms with Gasteiger partial charge in [-0.1, -0.05) is 0 Å². The number of anilines is 1. The molecule has 0 bridgehead atoms. The molecule has 4 nitrogen and oxygen atoms in total. The van der Waals surface area contributed by atoms with Crippen LogP contribution in [-0.4, -0.2) is 16.2 Å². The average Bonchev–Trinajstić information content (AvgIpc) is 2.01. The van der Waals surface area contributed by atoms with E-state index >= 15 is 0 Å². The minimum absolute atomic E-state index is 0.354. The third kappa shape index (κ3) is 2.61. The van der Waals surface area contributed by atoms with Crippen molar-refractivity contribution in [3.8, 4) is 0 Å². The molecule has 0 aliphatic rings. The molecule has 0 saturated heterocycles. The van der Waals surface area contributed by atoms with E-state index in [1.807, 2.05) is 0 Å². The highest BCUT2D eigenvalue weighted by molar-refractivity contribution is 5.81. The minimum Gasteiger partial charge on any atom is -0.465 e. The maximum Gasteiger partial charge on any atom is 0.416 e. The van der Waals surface area contributed by atoms with E-state index in [4.69, 9.17) is 5.11 Å². The minimum atomic E-state index is -4.50. The molecule has 0 aliphatic heterocycles. The van der Waals surface area contributed by atoms with Crippen LogP contribution in [-0.2, 0) is 6.18 Å². The molecule has 76 valence electrons. The molecule has 1 aromatic rings. The Kier molecular flexibility index (Phi) is 2.59. The van der Waals surface area contributed by atoms with Crippen molar-refractivity contribution in [1.82, 2.24) is 4.98 Å². The Balaban J connectivity index is 2.95. The van der Waals surface area contributed by atoms with Gasteiger partial charge in [0.25, 0.3) is 0 Å². The normalized spacial score (nSPS) is 11.1. The Morgan fingerprint density at radius 2 is 2.14 bits per heavy atom. The zero-order chi connectivity index (χ0) is 10.8. The smallest absolute Gasteiger partial charge is 0.416 e. The quantitative estimate of drug-likeness (QED) is 0.740. The number of pyridine rings is 1. The summed E-state index contributed by atoms with van der Waals surface area (Å²) in [6, 6.07) is 1.38. The predicted octanol–water partition coefficient (Wildman–Crippen LogP) is 2.19. The van der Waals surface area contributed by atoms with Gasteiger partial charge in [-0.05, 0) is 12.1 Å². The van der Waals surface area contributed by atoms with Crippen molar-refractivity contribution in [2.24, 2.45) is 0 Å². The van der Waals surface area contributed by atoms with E-state index in [-0.39, 0.29) is 5.82 Å². The topological polar surface area (TPSA) is 62.2 Å². The molecular formula is C7H5F3N2O2. The highest BCUT2D eigenvalue weighted by atomic mass is 19.4. The first-order valence-corrected chi connectivity index (χ1v) is 3.43. The lowest BCUT2D eigenvalue weighted by Crippen LogP contribution is -2.11. The number of nitrogens with one attached hydrogen (secondary N) is 1. The highest BCUT2D eigenvalue weighted by Gasteiger charge is 2.30. The molecule has 1 amide bonds. The zero-order valence-corrected chi connectivity index (χ0v) is 6.67. The van der Waals surface area contributed by atoms with Crippen LogP contribution < -0.4 is 5.32 Å². The molecule has 1 heterocycles. The summed E-state index contributed by atoms with van der Waals surface area (Å²) in [6.07, 6.45) is -5.08. The fourth-order valence-corrected chi connectivity index (χ4v) is 0.785. The molecule has 0 unspecified atom stereocenters. The third-order valence-electron chi connectivity index (χ3n) is 1.32. The summed E-state index contributed by atoms with van der Waals surface area (Å²) in [5.74, 6) is -0.354. The van der Waals surface area contributed by atoms with Crippen molar-refractivity contribution < 1.29 is 23.1 Å². The molecule has 0 spiro atoms. The van der Waals surface area contributed by atoms with Gasteiger partial charge in [-0.3, -0.25) is 5.32 Å². The van der Waals surface area contributed by atoms with Crippen LogP contribution >= 0.6 is 0 Å². The predicted molar refractivity (Wildman–Crippen MR) is 40.9 cm³/mol. The number of carboxylic acid groups (broad SMARTS) is 1. The van der Waals surface area contributed by atoms with Crippen LogP contribution in [0.5, 0.6) is 0 Å². The number of halogens is 3. The molecule has 2 N–H and O–H groups in total. The summed E-state index contributed by atoms with van der Waals surface area (Å²) in [5, 5.41) is 9.95. The van der Waals surface area contributed by atoms with Crippen molar-refractivity contribution in [3.63, 3.8) is 0 Å². The first-order chi connectivity index (χ1) is 6.39. The molecule has 1 rings (SSSR count). The Labute approximate surface area is 76.4 Å². The molecule has 14 heavy (non-hydrogen) atoms. The highest BCUT2D eigenvalue weighted by Crippen LogP contribution is 2.29. The SMILES string of the molecule is O=C(O)Nc1cc(C(F)(F)F)ccn1. The van der Waals surface area contributed by atoms with E-state index in [0.717, 1.165) is 12.3 Å². The Bertz CT molecular complexity index is 351. The number of amides is 1. The van der Waals surface area contributed by atoms with Crippen LogP contribution in [0.15, 0.2) is 18.3 Å². The van der Waals surface area contributed by atoms with Gasteiger partial charge in [0.05, 0.1) is 5.56 Å². The number of carbonyl (C=O) groups is 1. The standard InChI is InChI=1S/C7H5F3N2O2/c8-7(9,10)4-1-2-11-5(3-4)12-6(13)14/h1-3H,(H,11,12)(H,13,14). The van der Waals surface area contributed by atoms with Gasteiger partial charge in [0.15, 0.2) is 0 Å². The number of hydrogen-bond acceptors (Lipinski definition) is 2. The number of alkyl halides is 3. The zero-order valence-electron chi connectivity index (χ0n) is 6.67. The second kappa shape index (κ2) is 3.52. The summed E-state index contributed by atoms with van der Waals surface area (Å²) < 4.78 is 36.3. The van der Waals surface area contributed by atoms with Crippen molar-refractivity contribution in [2.75, 3.05) is 5.32 Å². The number of nitrogens with zero attached hydrogens (tertiary/aromatic N) is 1. The molecule has 0 aliphatic carbocycles. The van der Waals surface area contributed by atoms with Crippen LogP contribution in [0.1, 0.15) is 5.56 Å². The van der Waals surface area contributed by atoms with Crippen molar-refractivity contribution >= 4 is 11.9 Å². The Hall–Kier alpha value is -1.79. The van der Waals surface area contributed by atoms with Gasteiger partial charge in [0, 0.05) is 6.20 Å². The lowest BCUT2D eigenvalue weighted by atomic mass is 10.2. The molecule has 0 radical (unpaired) electrons. The van der Waals surface area contributed by atoms with E-state index < -0.39 is 17.8 Å². The summed E-state index contributed by atoms with van der Waals surface area (Å²) in [7, 11) is 0. The summed E-state index contributed by atoms with van der Waals surface area (Å²) >= 11 is 0. The number of aromatic nitrogens is 1. The fourth-order valence-electron chi connectivity index (χ4n) is 0.785. The van der Waals surface area contributed by atoms with E-state index in [0.29, 0.717) is 6.07 Å². The van der Waals surface area contributed by atoms with Crippen LogP contribution in [0.4, 0.5) is 23.8 Å². The first kappa shape index (κ1) is 10.3. The van der Waals surface area contributed by atoms with Gasteiger partial charge in [-0.2, -0.15) is 13.2 Å². The first-order valence-electron chi connectivity index (χ1n) is 3.43. The lowest BCUT2D eigenvalue weighted by molar-refractivity contribution is -0.137. The maximum absolute atomic E-state index is 12.1. The molecule has 0 fully saturated rings. The summed E-state index contributed by atoms with van der Waals surface area (Å²) in [6.45, 7) is 0. The van der Waals surface area contributed by atoms with Crippen molar-refractivity contribution in [2.45, 2.75) is 6.18 Å². The summed E-state index contributed by atoms with van der Waals surface area (Å²) in [4.78, 5) is 13.5. The molecule has 0 saturated carbocycles. The van der Waals surface area contributed by atoms with Gasteiger partial charge in [0.2, 0.25) is 0 Å². The van der Waals surface area contributed by atoms with Gasteiger partial charge in [-0.25, -0.2) is 9.78 Å². The Morgan fingerprint density at radius 1 is 1.50 bits per heavy atom. The second-order valence-electron chi connectivity index (χ2n) is 2.36. The summed E-state index contributed by atoms with van der Waals surface area (Å²) in [5.41, 5.74) is -0.948. The van der Waals surface area contributed by atoms with Crippen LogP contribution in [0.2, 0.25) is 0 Å². The Morgan fingerprint density at radius 3 is 2.64 bits per heavy atom. The van der Waals surface area contributed by atoms with Gasteiger partial charge in [0.1, 0.15) is 5.82 Å². The van der Waals surface area contributed by atoms with Crippen LogP contribution in [0.25, 0.3) is 0 Å². The largest absolute Gasteiger partial charge is 0.465 e. The van der Waals surface area contributed by atoms with Crippen LogP contribution in [0.3, 0.4) is 0 Å². The van der Waals surface area contributed by atoms with E-state index in [1.54, 1.807) is 5.32 Å². The van der Waals surface area contributed by atoms with Crippen molar-refractivity contribution in [1.29, 1.82) is 0 Å². The van der Waals surface area contributed by atoms with E-state index in [9.17, 15) is 18.0 Å².